The molecule has 1 nitrogen and oxygen atoms in total. The zero-order chi connectivity index (χ0) is 9.26. The third-order valence-corrected chi connectivity index (χ3v) is 2.42. The second-order valence-electron chi connectivity index (χ2n) is 3.27. The SMILES string of the molecule is Fc1ccccc1C(F)C1CCN1. The van der Waals surface area contributed by atoms with Crippen molar-refractivity contribution in [2.45, 2.75) is 18.6 Å². The van der Waals surface area contributed by atoms with E-state index < -0.39 is 12.0 Å². The lowest BCUT2D eigenvalue weighted by atomic mass is 9.96. The first-order valence-electron chi connectivity index (χ1n) is 4.41. The Bertz CT molecular complexity index is 297. The van der Waals surface area contributed by atoms with E-state index in [1.54, 1.807) is 12.1 Å². The molecule has 1 heterocycles. The average Bonchev–Trinajstić information content (AvgIpc) is 2.01. The highest BCUT2D eigenvalue weighted by Crippen LogP contribution is 2.28. The van der Waals surface area contributed by atoms with Gasteiger partial charge in [-0.15, -0.1) is 0 Å². The van der Waals surface area contributed by atoms with E-state index in [4.69, 9.17) is 0 Å². The fourth-order valence-corrected chi connectivity index (χ4v) is 1.48. The number of alkyl halides is 1. The molecule has 0 saturated carbocycles. The summed E-state index contributed by atoms with van der Waals surface area (Å²) in [5.74, 6) is -0.455. The van der Waals surface area contributed by atoms with E-state index in [0.717, 1.165) is 13.0 Å². The van der Waals surface area contributed by atoms with Crippen LogP contribution in [0.1, 0.15) is 18.2 Å². The second kappa shape index (κ2) is 3.42. The Balaban J connectivity index is 2.18. The maximum absolute atomic E-state index is 13.5. The molecular weight excluding hydrogens is 172 g/mol. The lowest BCUT2D eigenvalue weighted by molar-refractivity contribution is 0.190. The summed E-state index contributed by atoms with van der Waals surface area (Å²) in [5, 5.41) is 2.93. The summed E-state index contributed by atoms with van der Waals surface area (Å²) in [6, 6.07) is 5.82. The molecule has 0 radical (unpaired) electrons. The molecule has 0 spiro atoms. The van der Waals surface area contributed by atoms with Crippen molar-refractivity contribution >= 4 is 0 Å². The van der Waals surface area contributed by atoms with Crippen LogP contribution in [0.2, 0.25) is 0 Å². The number of nitrogens with one attached hydrogen (secondary N) is 1. The van der Waals surface area contributed by atoms with E-state index in [9.17, 15) is 8.78 Å². The van der Waals surface area contributed by atoms with Gasteiger partial charge in [-0.05, 0) is 19.0 Å². The summed E-state index contributed by atoms with van der Waals surface area (Å²) >= 11 is 0. The molecule has 0 amide bonds. The molecule has 1 aliphatic rings. The van der Waals surface area contributed by atoms with E-state index in [-0.39, 0.29) is 11.6 Å². The van der Waals surface area contributed by atoms with E-state index in [0.29, 0.717) is 0 Å². The molecule has 2 unspecified atom stereocenters. The Morgan fingerprint density at radius 2 is 2.08 bits per heavy atom. The molecule has 2 atom stereocenters. The number of hydrogen-bond acceptors (Lipinski definition) is 1. The molecule has 0 aromatic heterocycles. The normalized spacial score (nSPS) is 23.7. The van der Waals surface area contributed by atoms with Crippen molar-refractivity contribution in [2.24, 2.45) is 0 Å². The van der Waals surface area contributed by atoms with Gasteiger partial charge in [0.2, 0.25) is 0 Å². The summed E-state index contributed by atoms with van der Waals surface area (Å²) in [5.41, 5.74) is 0.166. The molecule has 70 valence electrons. The first kappa shape index (κ1) is 8.63. The Hall–Kier alpha value is -0.960. The van der Waals surface area contributed by atoms with Crippen LogP contribution >= 0.6 is 0 Å². The van der Waals surface area contributed by atoms with Gasteiger partial charge >= 0.3 is 0 Å². The predicted octanol–water partition coefficient (Wildman–Crippen LogP) is 2.20. The highest BCUT2D eigenvalue weighted by atomic mass is 19.1. The largest absolute Gasteiger partial charge is 0.311 e. The number of halogens is 2. The summed E-state index contributed by atoms with van der Waals surface area (Å²) in [7, 11) is 0. The topological polar surface area (TPSA) is 12.0 Å². The zero-order valence-corrected chi connectivity index (χ0v) is 7.13. The first-order chi connectivity index (χ1) is 6.29. The third kappa shape index (κ3) is 1.56. The highest BCUT2D eigenvalue weighted by Gasteiger charge is 2.29. The van der Waals surface area contributed by atoms with Gasteiger partial charge in [-0.2, -0.15) is 0 Å². The Morgan fingerprint density at radius 1 is 1.38 bits per heavy atom. The van der Waals surface area contributed by atoms with E-state index >= 15 is 0 Å². The van der Waals surface area contributed by atoms with Gasteiger partial charge in [0.25, 0.3) is 0 Å². The van der Waals surface area contributed by atoms with Crippen LogP contribution in [0.3, 0.4) is 0 Å². The molecule has 0 aliphatic carbocycles. The van der Waals surface area contributed by atoms with Crippen LogP contribution in [-0.4, -0.2) is 12.6 Å². The molecule has 1 aromatic carbocycles. The maximum Gasteiger partial charge on any atom is 0.143 e. The van der Waals surface area contributed by atoms with Crippen molar-refractivity contribution in [3.8, 4) is 0 Å². The van der Waals surface area contributed by atoms with Crippen molar-refractivity contribution < 1.29 is 8.78 Å². The van der Waals surface area contributed by atoms with Gasteiger partial charge in [-0.3, -0.25) is 0 Å². The van der Waals surface area contributed by atoms with Crippen LogP contribution in [0.4, 0.5) is 8.78 Å². The van der Waals surface area contributed by atoms with Gasteiger partial charge in [0, 0.05) is 11.6 Å². The number of rotatable bonds is 2. The summed E-state index contributed by atoms with van der Waals surface area (Å²) in [6.07, 6.45) is -0.426. The smallest absolute Gasteiger partial charge is 0.143 e. The maximum atomic E-state index is 13.5. The molecule has 3 heteroatoms. The van der Waals surface area contributed by atoms with Gasteiger partial charge in [0.05, 0.1) is 0 Å². The zero-order valence-electron chi connectivity index (χ0n) is 7.13. The molecule has 1 aromatic rings. The minimum Gasteiger partial charge on any atom is -0.311 e. The van der Waals surface area contributed by atoms with Gasteiger partial charge in [-0.25, -0.2) is 8.78 Å². The van der Waals surface area contributed by atoms with Crippen LogP contribution in [0.15, 0.2) is 24.3 Å². The standard InChI is InChI=1S/C10H11F2N/c11-8-4-2-1-3-7(8)10(12)9-5-6-13-9/h1-4,9-10,13H,5-6H2. The quantitative estimate of drug-likeness (QED) is 0.741. The lowest BCUT2D eigenvalue weighted by Gasteiger charge is -2.30. The van der Waals surface area contributed by atoms with Gasteiger partial charge in [0.1, 0.15) is 12.0 Å². The van der Waals surface area contributed by atoms with Crippen LogP contribution in [0.25, 0.3) is 0 Å². The molecule has 0 bridgehead atoms. The summed E-state index contributed by atoms with van der Waals surface area (Å²) < 4.78 is 26.6. The average molecular weight is 183 g/mol. The first-order valence-corrected chi connectivity index (χ1v) is 4.41. The molecular formula is C10H11F2N. The van der Waals surface area contributed by atoms with Crippen molar-refractivity contribution in [3.05, 3.63) is 35.6 Å². The Kier molecular flexibility index (Phi) is 2.27. The highest BCUT2D eigenvalue weighted by molar-refractivity contribution is 5.21. The lowest BCUT2D eigenvalue weighted by Crippen LogP contribution is -2.45. The Morgan fingerprint density at radius 3 is 2.62 bits per heavy atom. The predicted molar refractivity (Wildman–Crippen MR) is 46.7 cm³/mol. The fraction of sp³-hybridized carbons (Fsp3) is 0.400. The summed E-state index contributed by atoms with van der Waals surface area (Å²) in [6.45, 7) is 0.833. The number of benzene rings is 1. The van der Waals surface area contributed by atoms with Crippen molar-refractivity contribution in [1.82, 2.24) is 5.32 Å². The minimum absolute atomic E-state index is 0.166. The molecule has 13 heavy (non-hydrogen) atoms. The summed E-state index contributed by atoms with van der Waals surface area (Å²) in [4.78, 5) is 0. The molecule has 1 N–H and O–H groups in total. The van der Waals surface area contributed by atoms with Crippen molar-refractivity contribution in [2.75, 3.05) is 6.54 Å². The minimum atomic E-state index is -1.21. The van der Waals surface area contributed by atoms with Crippen LogP contribution in [0, 0.1) is 5.82 Å². The van der Waals surface area contributed by atoms with Gasteiger partial charge < -0.3 is 5.32 Å². The van der Waals surface area contributed by atoms with Gasteiger partial charge in [-0.1, -0.05) is 18.2 Å². The van der Waals surface area contributed by atoms with Crippen LogP contribution < -0.4 is 5.32 Å². The Labute approximate surface area is 75.8 Å². The van der Waals surface area contributed by atoms with Gasteiger partial charge in [0.15, 0.2) is 0 Å². The fourth-order valence-electron chi connectivity index (χ4n) is 1.48. The van der Waals surface area contributed by atoms with E-state index in [2.05, 4.69) is 5.32 Å². The number of hydrogen-bond donors (Lipinski definition) is 1. The van der Waals surface area contributed by atoms with Crippen LogP contribution in [-0.2, 0) is 0 Å². The molecule has 1 aliphatic heterocycles. The second-order valence-corrected chi connectivity index (χ2v) is 3.27. The van der Waals surface area contributed by atoms with Crippen molar-refractivity contribution in [1.29, 1.82) is 0 Å². The molecule has 1 fully saturated rings. The van der Waals surface area contributed by atoms with Crippen molar-refractivity contribution in [3.63, 3.8) is 0 Å². The monoisotopic (exact) mass is 183 g/mol. The van der Waals surface area contributed by atoms with Crippen LogP contribution in [0.5, 0.6) is 0 Å². The molecule has 1 saturated heterocycles. The third-order valence-electron chi connectivity index (χ3n) is 2.42. The molecule has 2 rings (SSSR count). The van der Waals surface area contributed by atoms with E-state index in [1.165, 1.54) is 12.1 Å². The van der Waals surface area contributed by atoms with E-state index in [1.807, 2.05) is 0 Å².